The fourth-order valence-electron chi connectivity index (χ4n) is 2.14. The number of halogens is 3. The van der Waals surface area contributed by atoms with Crippen molar-refractivity contribution >= 4 is 17.3 Å². The van der Waals surface area contributed by atoms with Gasteiger partial charge in [0.05, 0.1) is 29.8 Å². The van der Waals surface area contributed by atoms with Gasteiger partial charge >= 0.3 is 0 Å². The average Bonchev–Trinajstić information content (AvgIpc) is 2.68. The van der Waals surface area contributed by atoms with Crippen molar-refractivity contribution in [3.05, 3.63) is 83.7 Å². The van der Waals surface area contributed by atoms with Gasteiger partial charge < -0.3 is 10.6 Å². The highest BCUT2D eigenvalue weighted by molar-refractivity contribution is 5.92. The van der Waals surface area contributed by atoms with Gasteiger partial charge in [-0.3, -0.25) is 9.78 Å². The molecule has 0 aliphatic heterocycles. The fourth-order valence-corrected chi connectivity index (χ4v) is 2.14. The van der Waals surface area contributed by atoms with Crippen LogP contribution in [-0.4, -0.2) is 15.9 Å². The zero-order chi connectivity index (χ0) is 18.5. The number of pyridine rings is 2. The molecule has 0 atom stereocenters. The van der Waals surface area contributed by atoms with Gasteiger partial charge in [-0.15, -0.1) is 0 Å². The van der Waals surface area contributed by atoms with Crippen molar-refractivity contribution in [3.63, 3.8) is 0 Å². The predicted molar refractivity (Wildman–Crippen MR) is 89.2 cm³/mol. The molecular formula is C18H13F3N4O. The second-order valence-corrected chi connectivity index (χ2v) is 5.28. The summed E-state index contributed by atoms with van der Waals surface area (Å²) in [6, 6.07) is 10.1. The summed E-state index contributed by atoms with van der Waals surface area (Å²) in [5.41, 5.74) is 0.930. The Labute approximate surface area is 146 Å². The minimum Gasteiger partial charge on any atom is -0.352 e. The van der Waals surface area contributed by atoms with Crippen LogP contribution in [-0.2, 0) is 6.54 Å². The number of anilines is 2. The molecule has 0 saturated heterocycles. The number of rotatable bonds is 5. The van der Waals surface area contributed by atoms with E-state index < -0.39 is 23.4 Å². The minimum absolute atomic E-state index is 0.150. The second-order valence-electron chi connectivity index (χ2n) is 5.28. The van der Waals surface area contributed by atoms with Gasteiger partial charge in [-0.2, -0.15) is 0 Å². The molecular weight excluding hydrogens is 345 g/mol. The first-order valence-corrected chi connectivity index (χ1v) is 7.59. The van der Waals surface area contributed by atoms with Gasteiger partial charge in [0.1, 0.15) is 5.69 Å². The number of carbonyl (C=O) groups is 1. The first-order valence-electron chi connectivity index (χ1n) is 7.59. The molecule has 0 saturated carbocycles. The molecule has 0 aliphatic carbocycles. The molecule has 8 heteroatoms. The van der Waals surface area contributed by atoms with Crippen LogP contribution in [0, 0.1) is 17.5 Å². The molecule has 0 bridgehead atoms. The van der Waals surface area contributed by atoms with Gasteiger partial charge in [0.15, 0.2) is 17.5 Å². The maximum atomic E-state index is 13.6. The zero-order valence-electron chi connectivity index (χ0n) is 13.3. The normalized spacial score (nSPS) is 10.4. The summed E-state index contributed by atoms with van der Waals surface area (Å²) in [5.74, 6) is -4.57. The SMILES string of the molecule is O=C(NCc1ccccn1)c1ccc(Nc2ccc(F)c(F)c2F)cn1. The van der Waals surface area contributed by atoms with Crippen molar-refractivity contribution in [1.82, 2.24) is 15.3 Å². The Morgan fingerprint density at radius 3 is 2.50 bits per heavy atom. The number of amides is 1. The Hall–Kier alpha value is -3.42. The van der Waals surface area contributed by atoms with E-state index in [1.165, 1.54) is 18.3 Å². The molecule has 2 aromatic heterocycles. The van der Waals surface area contributed by atoms with E-state index in [0.717, 1.165) is 12.1 Å². The molecule has 0 aliphatic rings. The van der Waals surface area contributed by atoms with Crippen LogP contribution in [0.3, 0.4) is 0 Å². The Kier molecular flexibility index (Phi) is 5.12. The van der Waals surface area contributed by atoms with Crippen LogP contribution in [0.1, 0.15) is 16.2 Å². The lowest BCUT2D eigenvalue weighted by atomic mass is 10.2. The topological polar surface area (TPSA) is 66.9 Å². The van der Waals surface area contributed by atoms with Crippen LogP contribution in [0.5, 0.6) is 0 Å². The number of benzene rings is 1. The highest BCUT2D eigenvalue weighted by atomic mass is 19.2. The zero-order valence-corrected chi connectivity index (χ0v) is 13.3. The number of hydrogen-bond donors (Lipinski definition) is 2. The number of nitrogens with zero attached hydrogens (tertiary/aromatic N) is 2. The van der Waals surface area contributed by atoms with Crippen molar-refractivity contribution in [1.29, 1.82) is 0 Å². The third-order valence-electron chi connectivity index (χ3n) is 3.47. The molecule has 26 heavy (non-hydrogen) atoms. The molecule has 2 N–H and O–H groups in total. The van der Waals surface area contributed by atoms with Crippen molar-refractivity contribution in [3.8, 4) is 0 Å². The summed E-state index contributed by atoms with van der Waals surface area (Å²) in [5, 5.41) is 5.25. The van der Waals surface area contributed by atoms with E-state index >= 15 is 0 Å². The first kappa shape index (κ1) is 17.4. The lowest BCUT2D eigenvalue weighted by molar-refractivity contribution is 0.0945. The summed E-state index contributed by atoms with van der Waals surface area (Å²) in [7, 11) is 0. The maximum absolute atomic E-state index is 13.6. The smallest absolute Gasteiger partial charge is 0.270 e. The van der Waals surface area contributed by atoms with Crippen LogP contribution < -0.4 is 10.6 Å². The molecule has 132 valence electrons. The van der Waals surface area contributed by atoms with Gasteiger partial charge in [-0.1, -0.05) is 6.07 Å². The molecule has 0 radical (unpaired) electrons. The Morgan fingerprint density at radius 1 is 0.962 bits per heavy atom. The third kappa shape index (κ3) is 3.97. The summed E-state index contributed by atoms with van der Waals surface area (Å²) < 4.78 is 39.8. The van der Waals surface area contributed by atoms with Crippen molar-refractivity contribution < 1.29 is 18.0 Å². The molecule has 3 rings (SSSR count). The monoisotopic (exact) mass is 358 g/mol. The molecule has 3 aromatic rings. The Morgan fingerprint density at radius 2 is 1.81 bits per heavy atom. The highest BCUT2D eigenvalue weighted by Gasteiger charge is 2.14. The van der Waals surface area contributed by atoms with E-state index in [-0.39, 0.29) is 17.9 Å². The quantitative estimate of drug-likeness (QED) is 0.685. The van der Waals surface area contributed by atoms with Gasteiger partial charge in [-0.05, 0) is 36.4 Å². The summed E-state index contributed by atoms with van der Waals surface area (Å²) in [6.45, 7) is 0.251. The van der Waals surface area contributed by atoms with Gasteiger partial charge in [0.25, 0.3) is 5.91 Å². The van der Waals surface area contributed by atoms with Crippen LogP contribution in [0.2, 0.25) is 0 Å². The molecule has 0 fully saturated rings. The molecule has 1 amide bonds. The van der Waals surface area contributed by atoms with E-state index in [4.69, 9.17) is 0 Å². The number of aromatic nitrogens is 2. The van der Waals surface area contributed by atoms with Gasteiger partial charge in [0.2, 0.25) is 0 Å². The molecule has 0 spiro atoms. The average molecular weight is 358 g/mol. The predicted octanol–water partition coefficient (Wildman–Crippen LogP) is 3.57. The summed E-state index contributed by atoms with van der Waals surface area (Å²) in [4.78, 5) is 20.1. The number of carbonyl (C=O) groups excluding carboxylic acids is 1. The van der Waals surface area contributed by atoms with Crippen molar-refractivity contribution in [2.75, 3.05) is 5.32 Å². The van der Waals surface area contributed by atoms with Gasteiger partial charge in [-0.25, -0.2) is 18.2 Å². The molecule has 1 aromatic carbocycles. The number of nitrogens with one attached hydrogen (secondary N) is 2. The Balaban J connectivity index is 1.65. The summed E-state index contributed by atoms with van der Waals surface area (Å²) >= 11 is 0. The van der Waals surface area contributed by atoms with Crippen molar-refractivity contribution in [2.45, 2.75) is 6.54 Å². The number of hydrogen-bond acceptors (Lipinski definition) is 4. The van der Waals surface area contributed by atoms with Crippen LogP contribution in [0.15, 0.2) is 54.9 Å². The highest BCUT2D eigenvalue weighted by Crippen LogP contribution is 2.23. The lowest BCUT2D eigenvalue weighted by Crippen LogP contribution is -2.24. The maximum Gasteiger partial charge on any atom is 0.270 e. The molecule has 2 heterocycles. The van der Waals surface area contributed by atoms with E-state index in [0.29, 0.717) is 11.4 Å². The molecule has 0 unspecified atom stereocenters. The summed E-state index contributed by atoms with van der Waals surface area (Å²) in [6.07, 6.45) is 2.91. The van der Waals surface area contributed by atoms with E-state index in [9.17, 15) is 18.0 Å². The van der Waals surface area contributed by atoms with Crippen LogP contribution >= 0.6 is 0 Å². The Bertz CT molecular complexity index is 918. The second kappa shape index (κ2) is 7.64. The standard InChI is InChI=1S/C18H13F3N4O/c19-13-5-7-14(17(21)16(13)20)25-12-4-6-15(23-10-12)18(26)24-9-11-3-1-2-8-22-11/h1-8,10,25H,9H2,(H,24,26). The van der Waals surface area contributed by atoms with Crippen LogP contribution in [0.4, 0.5) is 24.5 Å². The van der Waals surface area contributed by atoms with E-state index in [1.54, 1.807) is 18.3 Å². The van der Waals surface area contributed by atoms with E-state index in [1.807, 2.05) is 6.07 Å². The van der Waals surface area contributed by atoms with Crippen LogP contribution in [0.25, 0.3) is 0 Å². The van der Waals surface area contributed by atoms with Gasteiger partial charge in [0, 0.05) is 6.20 Å². The minimum atomic E-state index is -1.56. The fraction of sp³-hybridized carbons (Fsp3) is 0.0556. The lowest BCUT2D eigenvalue weighted by Gasteiger charge is -2.09. The van der Waals surface area contributed by atoms with E-state index in [2.05, 4.69) is 20.6 Å². The first-order chi connectivity index (χ1) is 12.5. The third-order valence-corrected chi connectivity index (χ3v) is 3.47. The van der Waals surface area contributed by atoms with Crippen molar-refractivity contribution in [2.24, 2.45) is 0 Å². The largest absolute Gasteiger partial charge is 0.352 e. The molecule has 5 nitrogen and oxygen atoms in total.